The zero-order valence-corrected chi connectivity index (χ0v) is 11.5. The van der Waals surface area contributed by atoms with Crippen molar-refractivity contribution in [3.63, 3.8) is 0 Å². The van der Waals surface area contributed by atoms with Crippen molar-refractivity contribution in [1.29, 1.82) is 0 Å². The molecule has 0 bridgehead atoms. The molecule has 104 valence electrons. The van der Waals surface area contributed by atoms with E-state index in [0.29, 0.717) is 12.4 Å². The summed E-state index contributed by atoms with van der Waals surface area (Å²) in [5, 5.41) is 16.6. The number of aliphatic carboxylic acids is 1. The maximum atomic E-state index is 11.6. The average Bonchev–Trinajstić information content (AvgIpc) is 2.37. The zero-order valence-electron chi connectivity index (χ0n) is 11.5. The molecule has 0 aliphatic rings. The molecule has 0 fully saturated rings. The van der Waals surface area contributed by atoms with E-state index in [1.54, 1.807) is 45.1 Å². The Morgan fingerprint density at radius 3 is 2.32 bits per heavy atom. The summed E-state index contributed by atoms with van der Waals surface area (Å²) in [6.07, 6.45) is 0. The normalized spacial score (nSPS) is 11.8. The lowest BCUT2D eigenvalue weighted by molar-refractivity contribution is -0.140. The van der Waals surface area contributed by atoms with Gasteiger partial charge in [-0.15, -0.1) is 10.2 Å². The fourth-order valence-electron chi connectivity index (χ4n) is 1.45. The minimum Gasteiger partial charge on any atom is -0.481 e. The first-order chi connectivity index (χ1) is 8.82. The standard InChI is InChI=1S/C12H18N4O3/c1-8(12(18)19)7-16(4)10-6-5-9(13-14-10)11(17)15(2)3/h5-6,8H,7H2,1-4H3,(H,18,19). The first kappa shape index (κ1) is 14.9. The van der Waals surface area contributed by atoms with Crippen LogP contribution < -0.4 is 4.90 Å². The smallest absolute Gasteiger partial charge is 0.308 e. The Kier molecular flexibility index (Phi) is 4.80. The van der Waals surface area contributed by atoms with Gasteiger partial charge in [-0.1, -0.05) is 6.92 Å². The molecule has 1 aromatic rings. The molecule has 0 aromatic carbocycles. The Morgan fingerprint density at radius 1 is 1.26 bits per heavy atom. The van der Waals surface area contributed by atoms with Crippen LogP contribution in [0.3, 0.4) is 0 Å². The largest absolute Gasteiger partial charge is 0.481 e. The number of hydrogen-bond donors (Lipinski definition) is 1. The minimum atomic E-state index is -0.862. The molecule has 0 spiro atoms. The third-order valence-electron chi connectivity index (χ3n) is 2.64. The zero-order chi connectivity index (χ0) is 14.6. The summed E-state index contributed by atoms with van der Waals surface area (Å²) in [6.45, 7) is 1.95. The second kappa shape index (κ2) is 6.12. The molecule has 0 saturated heterocycles. The monoisotopic (exact) mass is 266 g/mol. The van der Waals surface area contributed by atoms with Crippen LogP contribution in [0.25, 0.3) is 0 Å². The molecule has 1 atom stereocenters. The lowest BCUT2D eigenvalue weighted by Crippen LogP contribution is -2.29. The van der Waals surface area contributed by atoms with Crippen molar-refractivity contribution >= 4 is 17.7 Å². The summed E-state index contributed by atoms with van der Waals surface area (Å²) in [5.41, 5.74) is 0.258. The Labute approximate surface area is 111 Å². The molecule has 7 heteroatoms. The van der Waals surface area contributed by atoms with Gasteiger partial charge in [0.2, 0.25) is 0 Å². The van der Waals surface area contributed by atoms with Crippen LogP contribution in [-0.2, 0) is 4.79 Å². The van der Waals surface area contributed by atoms with Crippen LogP contribution >= 0.6 is 0 Å². The minimum absolute atomic E-state index is 0.222. The van der Waals surface area contributed by atoms with Gasteiger partial charge in [-0.05, 0) is 12.1 Å². The Hall–Kier alpha value is -2.18. The summed E-state index contributed by atoms with van der Waals surface area (Å²) >= 11 is 0. The van der Waals surface area contributed by atoms with Gasteiger partial charge in [0, 0.05) is 27.7 Å². The van der Waals surface area contributed by atoms with Crippen molar-refractivity contribution in [2.24, 2.45) is 5.92 Å². The number of carboxylic acids is 1. The van der Waals surface area contributed by atoms with Crippen LogP contribution in [0.2, 0.25) is 0 Å². The van der Waals surface area contributed by atoms with Gasteiger partial charge in [-0.25, -0.2) is 0 Å². The number of nitrogens with zero attached hydrogens (tertiary/aromatic N) is 4. The number of rotatable bonds is 5. The predicted molar refractivity (Wildman–Crippen MR) is 70.1 cm³/mol. The fraction of sp³-hybridized carbons (Fsp3) is 0.500. The highest BCUT2D eigenvalue weighted by atomic mass is 16.4. The van der Waals surface area contributed by atoms with E-state index in [1.165, 1.54) is 4.90 Å². The molecule has 0 radical (unpaired) electrons. The van der Waals surface area contributed by atoms with Gasteiger partial charge in [0.15, 0.2) is 11.5 Å². The maximum absolute atomic E-state index is 11.6. The first-order valence-electron chi connectivity index (χ1n) is 5.82. The molecule has 1 unspecified atom stereocenters. The maximum Gasteiger partial charge on any atom is 0.308 e. The van der Waals surface area contributed by atoms with E-state index in [-0.39, 0.29) is 11.6 Å². The molecular formula is C12H18N4O3. The third kappa shape index (κ3) is 3.90. The Morgan fingerprint density at radius 2 is 1.89 bits per heavy atom. The molecule has 19 heavy (non-hydrogen) atoms. The number of carbonyl (C=O) groups excluding carboxylic acids is 1. The molecule has 0 saturated carbocycles. The molecule has 1 aromatic heterocycles. The lowest BCUT2D eigenvalue weighted by Gasteiger charge is -2.19. The lowest BCUT2D eigenvalue weighted by atomic mass is 10.2. The summed E-state index contributed by atoms with van der Waals surface area (Å²) in [6, 6.07) is 3.23. The van der Waals surface area contributed by atoms with Crippen molar-refractivity contribution in [1.82, 2.24) is 15.1 Å². The van der Waals surface area contributed by atoms with Gasteiger partial charge in [0.25, 0.3) is 5.91 Å². The highest BCUT2D eigenvalue weighted by molar-refractivity contribution is 5.91. The summed E-state index contributed by atoms with van der Waals surface area (Å²) < 4.78 is 0. The van der Waals surface area contributed by atoms with Crippen LogP contribution in [0.1, 0.15) is 17.4 Å². The molecule has 0 aliphatic heterocycles. The number of anilines is 1. The second-order valence-corrected chi connectivity index (χ2v) is 4.60. The van der Waals surface area contributed by atoms with Crippen LogP contribution in [0.5, 0.6) is 0 Å². The average molecular weight is 266 g/mol. The van der Waals surface area contributed by atoms with Crippen molar-refractivity contribution in [3.05, 3.63) is 17.8 Å². The summed E-state index contributed by atoms with van der Waals surface area (Å²) in [4.78, 5) is 25.5. The van der Waals surface area contributed by atoms with E-state index in [1.807, 2.05) is 0 Å². The van der Waals surface area contributed by atoms with Crippen molar-refractivity contribution in [2.45, 2.75) is 6.92 Å². The van der Waals surface area contributed by atoms with E-state index in [4.69, 9.17) is 5.11 Å². The number of hydrogen-bond acceptors (Lipinski definition) is 5. The molecular weight excluding hydrogens is 248 g/mol. The SMILES string of the molecule is CC(CN(C)c1ccc(C(=O)N(C)C)nn1)C(=O)O. The van der Waals surface area contributed by atoms with Gasteiger partial charge in [0.1, 0.15) is 0 Å². The van der Waals surface area contributed by atoms with Crippen molar-refractivity contribution < 1.29 is 14.7 Å². The number of carbonyl (C=O) groups is 2. The van der Waals surface area contributed by atoms with Crippen LogP contribution in [0, 0.1) is 5.92 Å². The van der Waals surface area contributed by atoms with E-state index in [2.05, 4.69) is 10.2 Å². The molecule has 1 heterocycles. The number of aromatic nitrogens is 2. The van der Waals surface area contributed by atoms with Crippen LogP contribution in [-0.4, -0.2) is 59.8 Å². The predicted octanol–water partition coefficient (Wildman–Crippen LogP) is 0.335. The third-order valence-corrected chi connectivity index (χ3v) is 2.64. The van der Waals surface area contributed by atoms with Gasteiger partial charge in [0.05, 0.1) is 5.92 Å². The van der Waals surface area contributed by atoms with Crippen LogP contribution in [0.4, 0.5) is 5.82 Å². The molecule has 1 N–H and O–H groups in total. The van der Waals surface area contributed by atoms with E-state index >= 15 is 0 Å². The molecule has 0 aliphatic carbocycles. The highest BCUT2D eigenvalue weighted by Crippen LogP contribution is 2.10. The first-order valence-corrected chi connectivity index (χ1v) is 5.82. The Bertz CT molecular complexity index is 459. The summed E-state index contributed by atoms with van der Waals surface area (Å²) in [7, 11) is 5.01. The van der Waals surface area contributed by atoms with E-state index in [9.17, 15) is 9.59 Å². The van der Waals surface area contributed by atoms with Gasteiger partial charge in [-0.2, -0.15) is 0 Å². The Balaban J connectivity index is 2.76. The van der Waals surface area contributed by atoms with Gasteiger partial charge in [-0.3, -0.25) is 9.59 Å². The number of amides is 1. The molecule has 1 rings (SSSR count). The van der Waals surface area contributed by atoms with Crippen molar-refractivity contribution in [2.75, 3.05) is 32.6 Å². The highest BCUT2D eigenvalue weighted by Gasteiger charge is 2.16. The topological polar surface area (TPSA) is 86.6 Å². The molecule has 1 amide bonds. The quantitative estimate of drug-likeness (QED) is 0.826. The van der Waals surface area contributed by atoms with Gasteiger partial charge >= 0.3 is 5.97 Å². The molecule has 7 nitrogen and oxygen atoms in total. The number of carboxylic acid groups (broad SMARTS) is 1. The van der Waals surface area contributed by atoms with Crippen LogP contribution in [0.15, 0.2) is 12.1 Å². The van der Waals surface area contributed by atoms with Crippen molar-refractivity contribution in [3.8, 4) is 0 Å². The fourth-order valence-corrected chi connectivity index (χ4v) is 1.45. The van der Waals surface area contributed by atoms with E-state index < -0.39 is 11.9 Å². The second-order valence-electron chi connectivity index (χ2n) is 4.60. The van der Waals surface area contributed by atoms with E-state index in [0.717, 1.165) is 0 Å². The van der Waals surface area contributed by atoms with Gasteiger partial charge < -0.3 is 14.9 Å². The summed E-state index contributed by atoms with van der Waals surface area (Å²) in [5.74, 6) is -1.06.